The van der Waals surface area contributed by atoms with E-state index >= 15 is 0 Å². The topological polar surface area (TPSA) is 114 Å². The van der Waals surface area contributed by atoms with Gasteiger partial charge in [-0.2, -0.15) is 11.8 Å². The lowest BCUT2D eigenvalue weighted by Gasteiger charge is -2.39. The quantitative estimate of drug-likeness (QED) is 0.316. The highest BCUT2D eigenvalue weighted by atomic mass is 32.2. The van der Waals surface area contributed by atoms with Crippen molar-refractivity contribution in [1.82, 2.24) is 15.5 Å². The number of alkyl carbamates (subject to hydrolysis) is 1. The van der Waals surface area contributed by atoms with E-state index in [9.17, 15) is 19.2 Å². The van der Waals surface area contributed by atoms with E-state index in [4.69, 9.17) is 9.47 Å². The Kier molecular flexibility index (Phi) is 14.4. The number of nitrogens with one attached hydrogen (secondary N) is 2. The first-order valence-corrected chi connectivity index (χ1v) is 14.8. The average molecular weight is 566 g/mol. The lowest BCUT2D eigenvalue weighted by atomic mass is 9.94. The Balaban J connectivity index is 3.61. The van der Waals surface area contributed by atoms with Crippen LogP contribution in [-0.4, -0.2) is 72.1 Å². The van der Waals surface area contributed by atoms with Crippen LogP contribution < -0.4 is 10.6 Å². The maximum Gasteiger partial charge on any atom is 0.408 e. The molecule has 3 atom stereocenters. The number of aryl methyl sites for hydroxylation is 1. The van der Waals surface area contributed by atoms with Crippen molar-refractivity contribution >= 4 is 35.6 Å². The van der Waals surface area contributed by atoms with Gasteiger partial charge in [0.2, 0.25) is 11.8 Å². The third-order valence-corrected chi connectivity index (χ3v) is 6.78. The predicted molar refractivity (Wildman–Crippen MR) is 155 cm³/mol. The molecule has 0 radical (unpaired) electrons. The van der Waals surface area contributed by atoms with E-state index in [0.29, 0.717) is 30.1 Å². The van der Waals surface area contributed by atoms with E-state index in [1.807, 2.05) is 44.4 Å². The zero-order valence-electron chi connectivity index (χ0n) is 25.0. The van der Waals surface area contributed by atoms with E-state index in [1.54, 1.807) is 37.4 Å². The second-order valence-electron chi connectivity index (χ2n) is 11.1. The monoisotopic (exact) mass is 565 g/mol. The number of esters is 1. The molecule has 0 heterocycles. The predicted octanol–water partition coefficient (Wildman–Crippen LogP) is 4.63. The van der Waals surface area contributed by atoms with Gasteiger partial charge in [-0.15, -0.1) is 0 Å². The average Bonchev–Trinajstić information content (AvgIpc) is 2.85. The van der Waals surface area contributed by atoms with Gasteiger partial charge < -0.3 is 25.0 Å². The van der Waals surface area contributed by atoms with Gasteiger partial charge in [0.1, 0.15) is 24.2 Å². The fourth-order valence-electron chi connectivity index (χ4n) is 4.07. The number of rotatable bonds is 14. The molecule has 0 aliphatic carbocycles. The van der Waals surface area contributed by atoms with Crippen molar-refractivity contribution in [3.63, 3.8) is 0 Å². The molecule has 1 aromatic carbocycles. The van der Waals surface area contributed by atoms with Gasteiger partial charge >= 0.3 is 12.1 Å². The zero-order chi connectivity index (χ0) is 29.8. The van der Waals surface area contributed by atoms with Crippen molar-refractivity contribution < 1.29 is 28.7 Å². The van der Waals surface area contributed by atoms with E-state index in [0.717, 1.165) is 12.0 Å². The normalized spacial score (nSPS) is 13.7. The van der Waals surface area contributed by atoms with Gasteiger partial charge in [0, 0.05) is 6.04 Å². The first kappa shape index (κ1) is 34.3. The molecule has 0 saturated heterocycles. The number of methoxy groups -OCH3 is 1. The molecule has 220 valence electrons. The summed E-state index contributed by atoms with van der Waals surface area (Å²) in [4.78, 5) is 54.2. The van der Waals surface area contributed by atoms with E-state index in [-0.39, 0.29) is 18.5 Å². The number of ether oxygens (including phenoxy) is 2. The van der Waals surface area contributed by atoms with Crippen LogP contribution in [0.5, 0.6) is 0 Å². The van der Waals surface area contributed by atoms with Gasteiger partial charge in [0.25, 0.3) is 0 Å². The highest BCUT2D eigenvalue weighted by Crippen LogP contribution is 2.30. The van der Waals surface area contributed by atoms with Gasteiger partial charge in [-0.1, -0.05) is 38.1 Å². The standard InChI is InChI=1S/C29H47N3O6S/c1-19(2)14-15-21(4)32(27(35)23(16-17-39-9)31-28(36)38-29(5,6)7)25(22-13-11-10-12-20(22)3)26(34)30-18-24(33)37-8/h10-13,19,21,23,25H,14-18H2,1-9H3,(H,30,34)(H,31,36). The molecule has 0 spiro atoms. The molecule has 39 heavy (non-hydrogen) atoms. The third kappa shape index (κ3) is 11.9. The number of amides is 3. The van der Waals surface area contributed by atoms with Crippen LogP contribution in [0.25, 0.3) is 0 Å². The summed E-state index contributed by atoms with van der Waals surface area (Å²) in [6, 6.07) is 5.09. The number of carbonyl (C=O) groups excluding carboxylic acids is 4. The summed E-state index contributed by atoms with van der Waals surface area (Å²) < 4.78 is 10.1. The van der Waals surface area contributed by atoms with E-state index < -0.39 is 35.7 Å². The van der Waals surface area contributed by atoms with Crippen LogP contribution in [0, 0.1) is 12.8 Å². The number of hydrogen-bond acceptors (Lipinski definition) is 7. The Labute approximate surface area is 238 Å². The van der Waals surface area contributed by atoms with Gasteiger partial charge in [-0.3, -0.25) is 14.4 Å². The van der Waals surface area contributed by atoms with Crippen LogP contribution in [0.15, 0.2) is 24.3 Å². The SMILES string of the molecule is COC(=O)CNC(=O)C(c1ccccc1C)N(C(=O)C(CCSC)NC(=O)OC(C)(C)C)C(C)CCC(C)C. The molecule has 0 aromatic heterocycles. The highest BCUT2D eigenvalue weighted by molar-refractivity contribution is 7.98. The number of thioether (sulfide) groups is 1. The summed E-state index contributed by atoms with van der Waals surface area (Å²) in [6.07, 6.45) is 3.08. The van der Waals surface area contributed by atoms with Crippen LogP contribution in [0.2, 0.25) is 0 Å². The van der Waals surface area contributed by atoms with Crippen molar-refractivity contribution in [3.05, 3.63) is 35.4 Å². The Hall–Kier alpha value is -2.75. The fourth-order valence-corrected chi connectivity index (χ4v) is 4.55. The molecular weight excluding hydrogens is 518 g/mol. The minimum atomic E-state index is -1.03. The largest absolute Gasteiger partial charge is 0.468 e. The summed E-state index contributed by atoms with van der Waals surface area (Å²) in [6.45, 7) is 12.9. The smallest absolute Gasteiger partial charge is 0.408 e. The molecule has 2 N–H and O–H groups in total. The minimum Gasteiger partial charge on any atom is -0.468 e. The molecule has 3 amide bonds. The minimum absolute atomic E-state index is 0.327. The Morgan fingerprint density at radius 2 is 1.67 bits per heavy atom. The fraction of sp³-hybridized carbons (Fsp3) is 0.655. The van der Waals surface area contributed by atoms with E-state index in [1.165, 1.54) is 7.11 Å². The van der Waals surface area contributed by atoms with Crippen LogP contribution in [0.4, 0.5) is 4.79 Å². The first-order chi connectivity index (χ1) is 18.2. The molecule has 0 aliphatic heterocycles. The number of nitrogens with zero attached hydrogens (tertiary/aromatic N) is 1. The lowest BCUT2D eigenvalue weighted by molar-refractivity contribution is -0.146. The summed E-state index contributed by atoms with van der Waals surface area (Å²) in [7, 11) is 1.25. The van der Waals surface area contributed by atoms with Crippen molar-refractivity contribution in [1.29, 1.82) is 0 Å². The second-order valence-corrected chi connectivity index (χ2v) is 12.1. The molecule has 1 aromatic rings. The Morgan fingerprint density at radius 1 is 1.03 bits per heavy atom. The van der Waals surface area contributed by atoms with Crippen molar-refractivity contribution in [3.8, 4) is 0 Å². The highest BCUT2D eigenvalue weighted by Gasteiger charge is 2.39. The molecule has 9 nitrogen and oxygen atoms in total. The Bertz CT molecular complexity index is 963. The zero-order valence-corrected chi connectivity index (χ0v) is 25.8. The first-order valence-electron chi connectivity index (χ1n) is 13.4. The van der Waals surface area contributed by atoms with Crippen LogP contribution >= 0.6 is 11.8 Å². The van der Waals surface area contributed by atoms with Crippen molar-refractivity contribution in [2.75, 3.05) is 25.7 Å². The molecule has 0 fully saturated rings. The number of benzene rings is 1. The van der Waals surface area contributed by atoms with E-state index in [2.05, 4.69) is 24.5 Å². The van der Waals surface area contributed by atoms with Crippen molar-refractivity contribution in [2.45, 2.75) is 91.5 Å². The second kappa shape index (κ2) is 16.4. The summed E-state index contributed by atoms with van der Waals surface area (Å²) >= 11 is 1.56. The summed E-state index contributed by atoms with van der Waals surface area (Å²) in [5.41, 5.74) is 0.731. The van der Waals surface area contributed by atoms with Crippen LogP contribution in [-0.2, 0) is 23.9 Å². The van der Waals surface area contributed by atoms with Gasteiger partial charge in [0.05, 0.1) is 7.11 Å². The summed E-state index contributed by atoms with van der Waals surface area (Å²) in [5, 5.41) is 5.40. The number of carbonyl (C=O) groups is 4. The van der Waals surface area contributed by atoms with Gasteiger partial charge in [-0.05, 0) is 82.9 Å². The van der Waals surface area contributed by atoms with Gasteiger partial charge in [-0.25, -0.2) is 4.79 Å². The molecule has 0 saturated carbocycles. The number of hydrogen-bond donors (Lipinski definition) is 2. The van der Waals surface area contributed by atoms with Crippen molar-refractivity contribution in [2.24, 2.45) is 5.92 Å². The molecule has 3 unspecified atom stereocenters. The van der Waals surface area contributed by atoms with Gasteiger partial charge in [0.15, 0.2) is 0 Å². The molecule has 1 rings (SSSR count). The maximum absolute atomic E-state index is 14.3. The molecule has 0 bridgehead atoms. The molecular formula is C29H47N3O6S. The molecule has 0 aliphatic rings. The Morgan fingerprint density at radius 3 is 2.21 bits per heavy atom. The molecule has 10 heteroatoms. The van der Waals surface area contributed by atoms with Crippen LogP contribution in [0.1, 0.15) is 78.0 Å². The maximum atomic E-state index is 14.3. The van der Waals surface area contributed by atoms with Crippen LogP contribution in [0.3, 0.4) is 0 Å². The summed E-state index contributed by atoms with van der Waals surface area (Å²) in [5.74, 6) is -0.471. The lowest BCUT2D eigenvalue weighted by Crippen LogP contribution is -2.56. The third-order valence-electron chi connectivity index (χ3n) is 6.14.